The van der Waals surface area contributed by atoms with Gasteiger partial charge in [-0.3, -0.25) is 14.9 Å². The monoisotopic (exact) mass is 432 g/mol. The number of hydrogen-bond acceptors (Lipinski definition) is 4. The number of anilines is 1. The van der Waals surface area contributed by atoms with Gasteiger partial charge in [-0.15, -0.1) is 0 Å². The van der Waals surface area contributed by atoms with Crippen LogP contribution in [-0.2, 0) is 0 Å². The molecule has 0 saturated heterocycles. The SMILES string of the molecule is Cc1ccc(NC(=O)c2cc(-c3ccc([N+](=O)[O-])cc3)nn2-c2ccccc2Cl)cc1. The second-order valence-corrected chi connectivity index (χ2v) is 7.31. The van der Waals surface area contributed by atoms with Crippen molar-refractivity contribution in [1.82, 2.24) is 9.78 Å². The van der Waals surface area contributed by atoms with E-state index in [9.17, 15) is 14.9 Å². The highest BCUT2D eigenvalue weighted by atomic mass is 35.5. The zero-order valence-electron chi connectivity index (χ0n) is 16.4. The second kappa shape index (κ2) is 8.41. The molecule has 0 spiro atoms. The van der Waals surface area contributed by atoms with Gasteiger partial charge in [-0.1, -0.05) is 41.4 Å². The molecule has 0 unspecified atom stereocenters. The average Bonchev–Trinajstić information content (AvgIpc) is 3.21. The van der Waals surface area contributed by atoms with Crippen LogP contribution in [0.1, 0.15) is 16.1 Å². The van der Waals surface area contributed by atoms with Crippen LogP contribution in [-0.4, -0.2) is 20.6 Å². The van der Waals surface area contributed by atoms with Crippen molar-refractivity contribution in [3.05, 3.63) is 105 Å². The van der Waals surface area contributed by atoms with E-state index in [0.717, 1.165) is 5.56 Å². The molecule has 1 heterocycles. The molecule has 8 heteroatoms. The quantitative estimate of drug-likeness (QED) is 0.325. The number of para-hydroxylation sites is 1. The number of nitro benzene ring substituents is 1. The van der Waals surface area contributed by atoms with Crippen molar-refractivity contribution in [3.63, 3.8) is 0 Å². The molecular weight excluding hydrogens is 416 g/mol. The number of carbonyl (C=O) groups excluding carboxylic acids is 1. The Bertz CT molecular complexity index is 1260. The lowest BCUT2D eigenvalue weighted by molar-refractivity contribution is -0.384. The Morgan fingerprint density at radius 2 is 1.71 bits per heavy atom. The number of halogens is 1. The molecule has 31 heavy (non-hydrogen) atoms. The third-order valence-corrected chi connectivity index (χ3v) is 5.03. The van der Waals surface area contributed by atoms with Gasteiger partial charge in [-0.05, 0) is 49.4 Å². The van der Waals surface area contributed by atoms with Crippen molar-refractivity contribution in [3.8, 4) is 16.9 Å². The van der Waals surface area contributed by atoms with Gasteiger partial charge in [0.1, 0.15) is 5.69 Å². The molecule has 0 saturated carbocycles. The predicted octanol–water partition coefficient (Wildman–Crippen LogP) is 5.66. The smallest absolute Gasteiger partial charge is 0.274 e. The summed E-state index contributed by atoms with van der Waals surface area (Å²) in [7, 11) is 0. The molecule has 1 amide bonds. The molecule has 3 aromatic carbocycles. The highest BCUT2D eigenvalue weighted by molar-refractivity contribution is 6.32. The summed E-state index contributed by atoms with van der Waals surface area (Å²) in [6, 6.07) is 22.1. The van der Waals surface area contributed by atoms with E-state index < -0.39 is 4.92 Å². The van der Waals surface area contributed by atoms with Crippen molar-refractivity contribution in [2.75, 3.05) is 5.32 Å². The van der Waals surface area contributed by atoms with Crippen LogP contribution in [0, 0.1) is 17.0 Å². The number of amides is 1. The minimum Gasteiger partial charge on any atom is -0.321 e. The van der Waals surface area contributed by atoms with Crippen LogP contribution < -0.4 is 5.32 Å². The summed E-state index contributed by atoms with van der Waals surface area (Å²) in [5.41, 5.74) is 3.67. The van der Waals surface area contributed by atoms with E-state index in [1.54, 1.807) is 42.5 Å². The van der Waals surface area contributed by atoms with Gasteiger partial charge in [0.2, 0.25) is 0 Å². The molecule has 154 valence electrons. The first kappa shape index (κ1) is 20.3. The molecule has 7 nitrogen and oxygen atoms in total. The molecule has 4 aromatic rings. The molecule has 4 rings (SSSR count). The van der Waals surface area contributed by atoms with Gasteiger partial charge in [0.05, 0.1) is 21.3 Å². The number of non-ortho nitro benzene ring substituents is 1. The summed E-state index contributed by atoms with van der Waals surface area (Å²) in [4.78, 5) is 23.6. The zero-order valence-corrected chi connectivity index (χ0v) is 17.2. The lowest BCUT2D eigenvalue weighted by Crippen LogP contribution is -2.17. The third-order valence-electron chi connectivity index (χ3n) is 4.71. The highest BCUT2D eigenvalue weighted by Crippen LogP contribution is 2.27. The van der Waals surface area contributed by atoms with E-state index in [4.69, 9.17) is 11.6 Å². The maximum absolute atomic E-state index is 13.1. The van der Waals surface area contributed by atoms with Crippen molar-refractivity contribution >= 4 is 28.9 Å². The van der Waals surface area contributed by atoms with Crippen LogP contribution in [0.25, 0.3) is 16.9 Å². The topological polar surface area (TPSA) is 90.1 Å². The molecule has 1 N–H and O–H groups in total. The van der Waals surface area contributed by atoms with Crippen molar-refractivity contribution in [1.29, 1.82) is 0 Å². The van der Waals surface area contributed by atoms with E-state index in [2.05, 4.69) is 10.4 Å². The summed E-state index contributed by atoms with van der Waals surface area (Å²) in [6.07, 6.45) is 0. The fraction of sp³-hybridized carbons (Fsp3) is 0.0435. The minimum atomic E-state index is -0.466. The number of nitro groups is 1. The number of aryl methyl sites for hydroxylation is 1. The summed E-state index contributed by atoms with van der Waals surface area (Å²) in [5.74, 6) is -0.357. The Morgan fingerprint density at radius 3 is 2.35 bits per heavy atom. The highest BCUT2D eigenvalue weighted by Gasteiger charge is 2.19. The second-order valence-electron chi connectivity index (χ2n) is 6.90. The van der Waals surface area contributed by atoms with Crippen LogP contribution in [0.3, 0.4) is 0 Å². The van der Waals surface area contributed by atoms with Crippen LogP contribution in [0.5, 0.6) is 0 Å². The Balaban J connectivity index is 1.77. The number of aromatic nitrogens is 2. The van der Waals surface area contributed by atoms with Crippen LogP contribution >= 0.6 is 11.6 Å². The number of rotatable bonds is 5. The summed E-state index contributed by atoms with van der Waals surface area (Å²) < 4.78 is 1.47. The van der Waals surface area contributed by atoms with Gasteiger partial charge < -0.3 is 5.32 Å². The van der Waals surface area contributed by atoms with Crippen molar-refractivity contribution in [2.24, 2.45) is 0 Å². The Morgan fingerprint density at radius 1 is 1.03 bits per heavy atom. The summed E-state index contributed by atoms with van der Waals surface area (Å²) in [5, 5.41) is 18.8. The first-order chi connectivity index (χ1) is 14.9. The lowest BCUT2D eigenvalue weighted by Gasteiger charge is -2.10. The number of nitrogens with zero attached hydrogens (tertiary/aromatic N) is 3. The fourth-order valence-corrected chi connectivity index (χ4v) is 3.29. The van der Waals surface area contributed by atoms with Gasteiger partial charge in [0.15, 0.2) is 0 Å². The number of benzene rings is 3. The third kappa shape index (κ3) is 4.31. The first-order valence-electron chi connectivity index (χ1n) is 9.40. The molecule has 0 atom stereocenters. The van der Waals surface area contributed by atoms with Crippen molar-refractivity contribution < 1.29 is 9.72 Å². The molecule has 1 aromatic heterocycles. The molecule has 0 aliphatic heterocycles. The van der Waals surface area contributed by atoms with Gasteiger partial charge in [-0.25, -0.2) is 4.68 Å². The minimum absolute atomic E-state index is 0.0216. The van der Waals surface area contributed by atoms with E-state index in [0.29, 0.717) is 27.7 Å². The molecule has 0 radical (unpaired) electrons. The summed E-state index contributed by atoms with van der Waals surface area (Å²) in [6.45, 7) is 1.97. The van der Waals surface area contributed by atoms with Crippen LogP contribution in [0.2, 0.25) is 5.02 Å². The molecule has 0 aliphatic rings. The first-order valence-corrected chi connectivity index (χ1v) is 9.78. The standard InChI is InChI=1S/C23H17ClN4O3/c1-15-6-10-17(11-7-15)25-23(29)22-14-20(16-8-12-18(13-9-16)28(30)31)26-27(22)21-5-3-2-4-19(21)24/h2-14H,1H3,(H,25,29). The Kier molecular flexibility index (Phi) is 5.51. The molecule has 0 aliphatic carbocycles. The largest absolute Gasteiger partial charge is 0.321 e. The van der Waals surface area contributed by atoms with E-state index >= 15 is 0 Å². The Labute approximate surface area is 183 Å². The van der Waals surface area contributed by atoms with Gasteiger partial charge in [-0.2, -0.15) is 5.10 Å². The normalized spacial score (nSPS) is 10.6. The maximum Gasteiger partial charge on any atom is 0.274 e. The zero-order chi connectivity index (χ0) is 22.0. The molecule has 0 fully saturated rings. The Hall–Kier alpha value is -3.97. The average molecular weight is 433 g/mol. The lowest BCUT2D eigenvalue weighted by atomic mass is 10.1. The van der Waals surface area contributed by atoms with Crippen LogP contribution in [0.15, 0.2) is 78.9 Å². The van der Waals surface area contributed by atoms with Crippen molar-refractivity contribution in [2.45, 2.75) is 6.92 Å². The van der Waals surface area contributed by atoms with Gasteiger partial charge >= 0.3 is 0 Å². The maximum atomic E-state index is 13.1. The van der Waals surface area contributed by atoms with E-state index in [1.807, 2.05) is 31.2 Å². The van der Waals surface area contributed by atoms with Crippen LogP contribution in [0.4, 0.5) is 11.4 Å². The number of nitrogens with one attached hydrogen (secondary N) is 1. The number of hydrogen-bond donors (Lipinski definition) is 1. The predicted molar refractivity (Wildman–Crippen MR) is 120 cm³/mol. The van der Waals surface area contributed by atoms with E-state index in [1.165, 1.54) is 16.8 Å². The summed E-state index contributed by atoms with van der Waals surface area (Å²) >= 11 is 6.36. The molecule has 0 bridgehead atoms. The van der Waals surface area contributed by atoms with Gasteiger partial charge in [0, 0.05) is 23.4 Å². The van der Waals surface area contributed by atoms with E-state index in [-0.39, 0.29) is 17.3 Å². The molecular formula is C23H17ClN4O3. The van der Waals surface area contributed by atoms with Gasteiger partial charge in [0.25, 0.3) is 11.6 Å². The number of carbonyl (C=O) groups is 1. The fourth-order valence-electron chi connectivity index (χ4n) is 3.08.